The van der Waals surface area contributed by atoms with Gasteiger partial charge in [-0.3, -0.25) is 14.4 Å². The van der Waals surface area contributed by atoms with Crippen LogP contribution >= 0.6 is 11.6 Å². The van der Waals surface area contributed by atoms with Gasteiger partial charge >= 0.3 is 11.9 Å². The molecular weight excluding hydrogens is 236 g/mol. The Morgan fingerprint density at radius 3 is 1.69 bits per heavy atom. The number of esters is 2. The minimum Gasteiger partial charge on any atom is -0.465 e. The van der Waals surface area contributed by atoms with Crippen LogP contribution in [0.4, 0.5) is 0 Å². The zero-order valence-electron chi connectivity index (χ0n) is 9.49. The van der Waals surface area contributed by atoms with Crippen LogP contribution in [0.2, 0.25) is 0 Å². The maximum Gasteiger partial charge on any atom is 0.328 e. The maximum atomic E-state index is 11.5. The van der Waals surface area contributed by atoms with Crippen molar-refractivity contribution in [3.63, 3.8) is 0 Å². The second-order valence-electron chi connectivity index (χ2n) is 2.96. The lowest BCUT2D eigenvalue weighted by molar-refractivity contribution is -0.163. The van der Waals surface area contributed by atoms with E-state index in [1.165, 1.54) is 6.92 Å². The zero-order valence-corrected chi connectivity index (χ0v) is 10.2. The lowest BCUT2D eigenvalue weighted by Crippen LogP contribution is -2.38. The molecule has 0 aliphatic heterocycles. The molecular formula is C10H15ClO5. The average Bonchev–Trinajstić information content (AvgIpc) is 2.18. The second kappa shape index (κ2) is 7.22. The molecule has 0 N–H and O–H groups in total. The van der Waals surface area contributed by atoms with E-state index in [9.17, 15) is 14.4 Å². The SMILES string of the molecule is CCOC(=O)C(C(=O)OCC)C(=O)C(C)Cl. The molecule has 16 heavy (non-hydrogen) atoms. The minimum atomic E-state index is -1.58. The van der Waals surface area contributed by atoms with Gasteiger partial charge in [0, 0.05) is 0 Å². The summed E-state index contributed by atoms with van der Waals surface area (Å²) in [6.45, 7) is 4.70. The highest BCUT2D eigenvalue weighted by Gasteiger charge is 2.38. The molecule has 1 atom stereocenters. The molecule has 0 radical (unpaired) electrons. The van der Waals surface area contributed by atoms with E-state index < -0.39 is 29.0 Å². The normalized spacial score (nSPS) is 12.1. The van der Waals surface area contributed by atoms with Crippen LogP contribution in [0.15, 0.2) is 0 Å². The Morgan fingerprint density at radius 1 is 1.06 bits per heavy atom. The van der Waals surface area contributed by atoms with Gasteiger partial charge in [0.25, 0.3) is 0 Å². The van der Waals surface area contributed by atoms with E-state index in [4.69, 9.17) is 11.6 Å². The Labute approximate surface area is 99.0 Å². The Balaban J connectivity index is 4.82. The highest BCUT2D eigenvalue weighted by molar-refractivity contribution is 6.35. The molecule has 92 valence electrons. The van der Waals surface area contributed by atoms with Crippen molar-refractivity contribution >= 4 is 29.3 Å². The van der Waals surface area contributed by atoms with Crippen LogP contribution in [-0.4, -0.2) is 36.3 Å². The third-order valence-electron chi connectivity index (χ3n) is 1.72. The molecule has 0 aromatic heterocycles. The summed E-state index contributed by atoms with van der Waals surface area (Å²) in [6, 6.07) is 0. The summed E-state index contributed by atoms with van der Waals surface area (Å²) in [5.41, 5.74) is 0. The fourth-order valence-corrected chi connectivity index (χ4v) is 1.14. The van der Waals surface area contributed by atoms with Crippen LogP contribution in [0.1, 0.15) is 20.8 Å². The van der Waals surface area contributed by atoms with Crippen LogP contribution in [0.3, 0.4) is 0 Å². The van der Waals surface area contributed by atoms with Crippen LogP contribution in [0, 0.1) is 5.92 Å². The van der Waals surface area contributed by atoms with Gasteiger partial charge in [0.1, 0.15) is 0 Å². The smallest absolute Gasteiger partial charge is 0.328 e. The molecule has 0 fully saturated rings. The van der Waals surface area contributed by atoms with Crippen LogP contribution in [0.25, 0.3) is 0 Å². The van der Waals surface area contributed by atoms with Gasteiger partial charge < -0.3 is 9.47 Å². The highest BCUT2D eigenvalue weighted by atomic mass is 35.5. The zero-order chi connectivity index (χ0) is 12.7. The third kappa shape index (κ3) is 4.18. The molecule has 0 spiro atoms. The Morgan fingerprint density at radius 2 is 1.44 bits per heavy atom. The first kappa shape index (κ1) is 14.9. The van der Waals surface area contributed by atoms with Gasteiger partial charge in [-0.05, 0) is 20.8 Å². The molecule has 0 aromatic rings. The van der Waals surface area contributed by atoms with Gasteiger partial charge in [-0.15, -0.1) is 11.6 Å². The van der Waals surface area contributed by atoms with Crippen molar-refractivity contribution in [2.75, 3.05) is 13.2 Å². The van der Waals surface area contributed by atoms with Gasteiger partial charge in [-0.25, -0.2) is 0 Å². The monoisotopic (exact) mass is 250 g/mol. The first-order valence-corrected chi connectivity index (χ1v) is 5.40. The number of hydrogen-bond donors (Lipinski definition) is 0. The maximum absolute atomic E-state index is 11.5. The average molecular weight is 251 g/mol. The number of carbonyl (C=O) groups is 3. The molecule has 0 rings (SSSR count). The number of rotatable bonds is 6. The van der Waals surface area contributed by atoms with E-state index in [0.29, 0.717) is 0 Å². The number of carbonyl (C=O) groups excluding carboxylic acids is 3. The number of halogens is 1. The lowest BCUT2D eigenvalue weighted by atomic mass is 10.0. The van der Waals surface area contributed by atoms with E-state index in [0.717, 1.165) is 0 Å². The number of alkyl halides is 1. The predicted molar refractivity (Wildman–Crippen MR) is 57.1 cm³/mol. The summed E-state index contributed by atoms with van der Waals surface area (Å²) in [4.78, 5) is 34.3. The van der Waals surface area contributed by atoms with Gasteiger partial charge in [-0.1, -0.05) is 0 Å². The fourth-order valence-electron chi connectivity index (χ4n) is 1.01. The predicted octanol–water partition coefficient (Wildman–Crippen LogP) is 0.925. The van der Waals surface area contributed by atoms with Crippen molar-refractivity contribution in [2.24, 2.45) is 5.92 Å². The molecule has 0 amide bonds. The van der Waals surface area contributed by atoms with E-state index in [1.807, 2.05) is 0 Å². The summed E-state index contributed by atoms with van der Waals surface area (Å²) < 4.78 is 9.25. The quantitative estimate of drug-likeness (QED) is 0.398. The first-order chi connectivity index (χ1) is 7.45. The van der Waals surface area contributed by atoms with Gasteiger partial charge in [0.05, 0.1) is 18.6 Å². The third-order valence-corrected chi connectivity index (χ3v) is 1.94. The first-order valence-electron chi connectivity index (χ1n) is 4.96. The van der Waals surface area contributed by atoms with E-state index in [1.54, 1.807) is 13.8 Å². The number of ketones is 1. The van der Waals surface area contributed by atoms with Gasteiger partial charge in [0.2, 0.25) is 5.92 Å². The largest absolute Gasteiger partial charge is 0.465 e. The molecule has 6 heteroatoms. The molecule has 0 aromatic carbocycles. The number of Topliss-reactive ketones (excluding diaryl/α,β-unsaturated/α-hetero) is 1. The minimum absolute atomic E-state index is 0.0820. The Bertz CT molecular complexity index is 256. The van der Waals surface area contributed by atoms with Crippen molar-refractivity contribution in [1.29, 1.82) is 0 Å². The summed E-state index contributed by atoms with van der Waals surface area (Å²) in [5, 5.41) is -0.946. The van der Waals surface area contributed by atoms with Crippen molar-refractivity contribution in [2.45, 2.75) is 26.1 Å². The van der Waals surface area contributed by atoms with Crippen molar-refractivity contribution < 1.29 is 23.9 Å². The molecule has 0 bridgehead atoms. The van der Waals surface area contributed by atoms with Crippen LogP contribution in [0.5, 0.6) is 0 Å². The van der Waals surface area contributed by atoms with Crippen LogP contribution < -0.4 is 0 Å². The topological polar surface area (TPSA) is 69.7 Å². The van der Waals surface area contributed by atoms with Crippen LogP contribution in [-0.2, 0) is 23.9 Å². The second-order valence-corrected chi connectivity index (χ2v) is 3.61. The molecule has 0 heterocycles. The fraction of sp³-hybridized carbons (Fsp3) is 0.700. The molecule has 0 aliphatic rings. The van der Waals surface area contributed by atoms with Crippen molar-refractivity contribution in [3.05, 3.63) is 0 Å². The number of hydrogen-bond acceptors (Lipinski definition) is 5. The lowest BCUT2D eigenvalue weighted by Gasteiger charge is -2.14. The number of ether oxygens (including phenoxy) is 2. The van der Waals surface area contributed by atoms with E-state index in [2.05, 4.69) is 9.47 Å². The van der Waals surface area contributed by atoms with Crippen molar-refractivity contribution in [1.82, 2.24) is 0 Å². The summed E-state index contributed by atoms with van der Waals surface area (Å²) in [6.07, 6.45) is 0. The summed E-state index contributed by atoms with van der Waals surface area (Å²) >= 11 is 5.55. The summed E-state index contributed by atoms with van der Waals surface area (Å²) in [5.74, 6) is -4.12. The molecule has 0 aliphatic carbocycles. The standard InChI is InChI=1S/C10H15ClO5/c1-4-15-9(13)7(8(12)6(3)11)10(14)16-5-2/h6-7H,4-5H2,1-3H3. The van der Waals surface area contributed by atoms with Gasteiger partial charge in [0.15, 0.2) is 5.78 Å². The molecule has 0 saturated heterocycles. The highest BCUT2D eigenvalue weighted by Crippen LogP contribution is 2.11. The summed E-state index contributed by atoms with van der Waals surface area (Å²) in [7, 11) is 0. The molecule has 1 unspecified atom stereocenters. The van der Waals surface area contributed by atoms with Gasteiger partial charge in [-0.2, -0.15) is 0 Å². The van der Waals surface area contributed by atoms with E-state index >= 15 is 0 Å². The Kier molecular flexibility index (Phi) is 6.72. The Hall–Kier alpha value is -1.10. The molecule has 0 saturated carbocycles. The van der Waals surface area contributed by atoms with E-state index in [-0.39, 0.29) is 13.2 Å². The van der Waals surface area contributed by atoms with Crippen molar-refractivity contribution in [3.8, 4) is 0 Å². The molecule has 5 nitrogen and oxygen atoms in total.